The van der Waals surface area contributed by atoms with Gasteiger partial charge < -0.3 is 10.6 Å². The number of sulfonamides is 2. The van der Waals surface area contributed by atoms with E-state index in [0.29, 0.717) is 11.4 Å². The molecular formula is C23H24N8O6S2. The van der Waals surface area contributed by atoms with Crippen LogP contribution in [-0.2, 0) is 43.7 Å². The molecule has 0 unspecified atom stereocenters. The summed E-state index contributed by atoms with van der Waals surface area (Å²) in [5.41, 5.74) is 0.588. The van der Waals surface area contributed by atoms with Gasteiger partial charge >= 0.3 is 0 Å². The molecule has 0 saturated carbocycles. The zero-order valence-corrected chi connectivity index (χ0v) is 22.3. The van der Waals surface area contributed by atoms with Gasteiger partial charge in [0.05, 0.1) is 22.2 Å². The van der Waals surface area contributed by atoms with Crippen molar-refractivity contribution in [3.8, 4) is 0 Å². The Morgan fingerprint density at radius 1 is 0.641 bits per heavy atom. The van der Waals surface area contributed by atoms with Crippen molar-refractivity contribution in [2.75, 3.05) is 20.1 Å². The van der Waals surface area contributed by atoms with Crippen LogP contribution in [0.5, 0.6) is 0 Å². The van der Waals surface area contributed by atoms with E-state index in [0.717, 1.165) is 0 Å². The lowest BCUT2D eigenvalue weighted by molar-refractivity contribution is -0.123. The third kappa shape index (κ3) is 6.79. The monoisotopic (exact) mass is 572 g/mol. The van der Waals surface area contributed by atoms with Crippen molar-refractivity contribution >= 4 is 54.9 Å². The quantitative estimate of drug-likeness (QED) is 0.207. The van der Waals surface area contributed by atoms with E-state index in [1.807, 2.05) is 0 Å². The Labute approximate surface area is 224 Å². The summed E-state index contributed by atoms with van der Waals surface area (Å²) in [6.45, 7) is 0. The first-order valence-corrected chi connectivity index (χ1v) is 14.2. The highest BCUT2D eigenvalue weighted by Gasteiger charge is 2.18. The number of anilines is 4. The maximum Gasteiger partial charge on any atom is 0.263 e. The molecule has 14 nitrogen and oxygen atoms in total. The summed E-state index contributed by atoms with van der Waals surface area (Å²) in [4.78, 5) is 24.5. The van der Waals surface area contributed by atoms with Crippen LogP contribution in [0.15, 0.2) is 82.8 Å². The van der Waals surface area contributed by atoms with Gasteiger partial charge in [0.15, 0.2) is 0 Å². The van der Waals surface area contributed by atoms with Crippen LogP contribution in [-0.4, -0.2) is 48.2 Å². The molecule has 4 aromatic rings. The van der Waals surface area contributed by atoms with Crippen molar-refractivity contribution in [1.29, 1.82) is 0 Å². The number of carbonyl (C=O) groups excluding carboxylic acids is 2. The number of carbonyl (C=O) groups is 2. The molecule has 2 aromatic carbocycles. The van der Waals surface area contributed by atoms with E-state index in [1.54, 1.807) is 14.1 Å². The van der Waals surface area contributed by atoms with Crippen molar-refractivity contribution in [3.05, 3.63) is 73.1 Å². The highest BCUT2D eigenvalue weighted by molar-refractivity contribution is 7.93. The number of nitrogens with zero attached hydrogens (tertiary/aromatic N) is 4. The highest BCUT2D eigenvalue weighted by atomic mass is 32.2. The molecule has 0 spiro atoms. The first-order chi connectivity index (χ1) is 18.4. The van der Waals surface area contributed by atoms with Crippen LogP contribution >= 0.6 is 0 Å². The Morgan fingerprint density at radius 2 is 1.00 bits per heavy atom. The van der Waals surface area contributed by atoms with E-state index in [2.05, 4.69) is 30.3 Å². The number of amides is 2. The normalized spacial score (nSPS) is 11.5. The molecule has 0 fully saturated rings. The Balaban J connectivity index is 1.30. The first kappa shape index (κ1) is 27.3. The molecule has 16 heteroatoms. The van der Waals surface area contributed by atoms with E-state index < -0.39 is 38.3 Å². The van der Waals surface area contributed by atoms with Gasteiger partial charge in [-0.05, 0) is 48.5 Å². The van der Waals surface area contributed by atoms with E-state index >= 15 is 0 Å². The Kier molecular flexibility index (Phi) is 7.68. The van der Waals surface area contributed by atoms with Crippen LogP contribution < -0.4 is 20.1 Å². The fourth-order valence-corrected chi connectivity index (χ4v) is 5.51. The van der Waals surface area contributed by atoms with Gasteiger partial charge in [-0.25, -0.2) is 16.8 Å². The number of hydrogen-bond donors (Lipinski definition) is 4. The standard InChI is InChI=1S/C23H24N8O6S2/c1-30-20(11-13-24-30)28-38(34,35)18-7-3-16(4-8-18)26-22(32)15-23(33)27-17-5-9-19(10-6-17)39(36,37)29-21-12-14-25-31(21)2/h3-14,28-29H,15H2,1-2H3,(H,26,32)(H,27,33). The Hall–Kier alpha value is -4.70. The van der Waals surface area contributed by atoms with Crippen LogP contribution in [0, 0.1) is 0 Å². The van der Waals surface area contributed by atoms with Crippen LogP contribution in [0.1, 0.15) is 6.42 Å². The van der Waals surface area contributed by atoms with Crippen molar-refractivity contribution in [2.45, 2.75) is 16.2 Å². The second-order valence-electron chi connectivity index (χ2n) is 8.21. The average Bonchev–Trinajstić information content (AvgIpc) is 3.46. The molecule has 39 heavy (non-hydrogen) atoms. The molecule has 2 amide bonds. The van der Waals surface area contributed by atoms with Crippen molar-refractivity contribution < 1.29 is 26.4 Å². The second-order valence-corrected chi connectivity index (χ2v) is 11.6. The molecule has 0 radical (unpaired) electrons. The lowest BCUT2D eigenvalue weighted by Crippen LogP contribution is -2.21. The third-order valence-corrected chi connectivity index (χ3v) is 8.08. The summed E-state index contributed by atoms with van der Waals surface area (Å²) in [5.74, 6) is -0.682. The van der Waals surface area contributed by atoms with E-state index in [1.165, 1.54) is 82.4 Å². The highest BCUT2D eigenvalue weighted by Crippen LogP contribution is 2.19. The van der Waals surface area contributed by atoms with E-state index in [4.69, 9.17) is 0 Å². The minimum Gasteiger partial charge on any atom is -0.326 e. The van der Waals surface area contributed by atoms with Crippen LogP contribution in [0.2, 0.25) is 0 Å². The predicted octanol–water partition coefficient (Wildman–Crippen LogP) is 1.72. The number of benzene rings is 2. The zero-order chi connectivity index (χ0) is 28.2. The molecule has 0 aliphatic carbocycles. The molecule has 2 aromatic heterocycles. The molecule has 0 bridgehead atoms. The summed E-state index contributed by atoms with van der Waals surface area (Å²) in [5, 5.41) is 12.8. The zero-order valence-electron chi connectivity index (χ0n) is 20.7. The third-order valence-electron chi connectivity index (χ3n) is 5.34. The van der Waals surface area contributed by atoms with Crippen molar-refractivity contribution in [1.82, 2.24) is 19.6 Å². The van der Waals surface area contributed by atoms with Gasteiger partial charge in [-0.2, -0.15) is 10.2 Å². The van der Waals surface area contributed by atoms with Gasteiger partial charge in [-0.3, -0.25) is 28.4 Å². The van der Waals surface area contributed by atoms with Crippen LogP contribution in [0.3, 0.4) is 0 Å². The maximum absolute atomic E-state index is 12.5. The SMILES string of the molecule is Cn1nccc1NS(=O)(=O)c1ccc(NC(=O)CC(=O)Nc2ccc(S(=O)(=O)Nc3ccnn3C)cc2)cc1. The fourth-order valence-electron chi connectivity index (χ4n) is 3.33. The van der Waals surface area contributed by atoms with Gasteiger partial charge in [-0.1, -0.05) is 0 Å². The smallest absolute Gasteiger partial charge is 0.263 e. The van der Waals surface area contributed by atoms with Gasteiger partial charge in [0.25, 0.3) is 20.0 Å². The summed E-state index contributed by atoms with van der Waals surface area (Å²) in [6, 6.07) is 13.8. The van der Waals surface area contributed by atoms with E-state index in [-0.39, 0.29) is 21.4 Å². The predicted molar refractivity (Wildman–Crippen MR) is 143 cm³/mol. The molecular weight excluding hydrogens is 548 g/mol. The second kappa shape index (κ2) is 11.0. The number of aryl methyl sites for hydroxylation is 2. The lowest BCUT2D eigenvalue weighted by atomic mass is 10.3. The number of rotatable bonds is 10. The molecule has 4 rings (SSSR count). The summed E-state index contributed by atoms with van der Waals surface area (Å²) in [7, 11) is -4.55. The van der Waals surface area contributed by atoms with Crippen molar-refractivity contribution in [3.63, 3.8) is 0 Å². The van der Waals surface area contributed by atoms with Crippen LogP contribution in [0.25, 0.3) is 0 Å². The molecule has 0 atom stereocenters. The summed E-state index contributed by atoms with van der Waals surface area (Å²) < 4.78 is 57.7. The Morgan fingerprint density at radius 3 is 1.31 bits per heavy atom. The minimum atomic E-state index is -3.87. The van der Waals surface area contributed by atoms with Gasteiger partial charge in [0, 0.05) is 37.6 Å². The largest absolute Gasteiger partial charge is 0.326 e. The number of hydrogen-bond acceptors (Lipinski definition) is 8. The molecule has 0 saturated heterocycles. The lowest BCUT2D eigenvalue weighted by Gasteiger charge is -2.10. The summed E-state index contributed by atoms with van der Waals surface area (Å²) in [6.07, 6.45) is 2.38. The Bertz CT molecular complexity index is 1580. The average molecular weight is 573 g/mol. The molecule has 0 aliphatic rings. The molecule has 2 heterocycles. The summed E-state index contributed by atoms with van der Waals surface area (Å²) >= 11 is 0. The maximum atomic E-state index is 12.5. The topological polar surface area (TPSA) is 186 Å². The minimum absolute atomic E-state index is 0.0274. The van der Waals surface area contributed by atoms with Crippen LogP contribution in [0.4, 0.5) is 23.0 Å². The van der Waals surface area contributed by atoms with Gasteiger partial charge in [0.1, 0.15) is 18.1 Å². The fraction of sp³-hybridized carbons (Fsp3) is 0.130. The van der Waals surface area contributed by atoms with E-state index in [9.17, 15) is 26.4 Å². The van der Waals surface area contributed by atoms with Crippen molar-refractivity contribution in [2.24, 2.45) is 14.1 Å². The number of nitrogens with one attached hydrogen (secondary N) is 4. The van der Waals surface area contributed by atoms with Gasteiger partial charge in [-0.15, -0.1) is 0 Å². The first-order valence-electron chi connectivity index (χ1n) is 11.2. The molecule has 4 N–H and O–H groups in total. The number of aromatic nitrogens is 4. The molecule has 204 valence electrons. The van der Waals surface area contributed by atoms with Gasteiger partial charge in [0.2, 0.25) is 11.8 Å². The molecule has 0 aliphatic heterocycles.